The van der Waals surface area contributed by atoms with E-state index in [1.165, 1.54) is 77.3 Å². The Labute approximate surface area is 123 Å². The quantitative estimate of drug-likeness (QED) is 0.859. The van der Waals surface area contributed by atoms with Gasteiger partial charge in [0.05, 0.1) is 5.60 Å². The van der Waals surface area contributed by atoms with E-state index >= 15 is 0 Å². The molecule has 0 aromatic carbocycles. The highest BCUT2D eigenvalue weighted by Crippen LogP contribution is 2.39. The number of rotatable bonds is 3. The minimum Gasteiger partial charge on any atom is -0.375 e. The van der Waals surface area contributed by atoms with Crippen molar-refractivity contribution in [1.82, 2.24) is 10.2 Å². The summed E-state index contributed by atoms with van der Waals surface area (Å²) >= 11 is 0. The summed E-state index contributed by atoms with van der Waals surface area (Å²) in [6.07, 6.45) is 13.6. The molecule has 0 amide bonds. The first-order valence-electron chi connectivity index (χ1n) is 8.97. The van der Waals surface area contributed by atoms with Crippen molar-refractivity contribution in [1.29, 1.82) is 0 Å². The molecular formula is C17H30N2O. The van der Waals surface area contributed by atoms with Crippen molar-refractivity contribution in [2.75, 3.05) is 19.7 Å². The molecule has 4 rings (SSSR count). The molecular weight excluding hydrogens is 248 g/mol. The van der Waals surface area contributed by atoms with E-state index in [2.05, 4.69) is 10.2 Å². The van der Waals surface area contributed by atoms with Gasteiger partial charge in [0, 0.05) is 37.8 Å². The molecule has 2 saturated heterocycles. The first-order valence-corrected chi connectivity index (χ1v) is 8.97. The van der Waals surface area contributed by atoms with Crippen molar-refractivity contribution in [3.63, 3.8) is 0 Å². The molecule has 2 unspecified atom stereocenters. The number of ether oxygens (including phenoxy) is 1. The van der Waals surface area contributed by atoms with E-state index in [0.29, 0.717) is 6.04 Å². The second-order valence-corrected chi connectivity index (χ2v) is 7.66. The fourth-order valence-corrected chi connectivity index (χ4v) is 4.74. The van der Waals surface area contributed by atoms with Gasteiger partial charge in [0.2, 0.25) is 0 Å². The Morgan fingerprint density at radius 2 is 1.80 bits per heavy atom. The summed E-state index contributed by atoms with van der Waals surface area (Å²) in [5, 5.41) is 3.98. The molecule has 2 aliphatic carbocycles. The maximum absolute atomic E-state index is 6.22. The van der Waals surface area contributed by atoms with Gasteiger partial charge in [0.15, 0.2) is 0 Å². The zero-order valence-electron chi connectivity index (χ0n) is 12.8. The van der Waals surface area contributed by atoms with Crippen LogP contribution in [0.2, 0.25) is 0 Å². The van der Waals surface area contributed by atoms with Gasteiger partial charge in [0.1, 0.15) is 0 Å². The molecule has 0 aromatic heterocycles. The monoisotopic (exact) mass is 278 g/mol. The molecule has 3 heteroatoms. The summed E-state index contributed by atoms with van der Waals surface area (Å²) in [6.45, 7) is 3.61. The van der Waals surface area contributed by atoms with Crippen LogP contribution in [0.4, 0.5) is 0 Å². The molecule has 2 heterocycles. The lowest BCUT2D eigenvalue weighted by Gasteiger charge is -2.44. The Bertz CT molecular complexity index is 330. The maximum atomic E-state index is 6.22. The maximum Gasteiger partial charge on any atom is 0.0697 e. The van der Waals surface area contributed by atoms with Crippen molar-refractivity contribution in [2.24, 2.45) is 0 Å². The molecule has 0 bridgehead atoms. The Kier molecular flexibility index (Phi) is 3.78. The smallest absolute Gasteiger partial charge is 0.0697 e. The normalized spacial score (nSPS) is 38.4. The fraction of sp³-hybridized carbons (Fsp3) is 1.00. The van der Waals surface area contributed by atoms with E-state index in [4.69, 9.17) is 4.74 Å². The molecule has 4 aliphatic rings. The van der Waals surface area contributed by atoms with Crippen LogP contribution in [0, 0.1) is 0 Å². The minimum absolute atomic E-state index is 0.253. The fourth-order valence-electron chi connectivity index (χ4n) is 4.74. The number of nitrogens with zero attached hydrogens (tertiary/aromatic N) is 1. The predicted octanol–water partition coefficient (Wildman–Crippen LogP) is 2.69. The zero-order valence-corrected chi connectivity index (χ0v) is 12.8. The van der Waals surface area contributed by atoms with Gasteiger partial charge in [-0.2, -0.15) is 0 Å². The summed E-state index contributed by atoms with van der Waals surface area (Å²) in [4.78, 5) is 2.72. The molecule has 1 N–H and O–H groups in total. The average Bonchev–Trinajstić information content (AvgIpc) is 3.21. The molecule has 2 atom stereocenters. The van der Waals surface area contributed by atoms with Crippen LogP contribution in [-0.4, -0.2) is 48.3 Å². The van der Waals surface area contributed by atoms with Crippen molar-refractivity contribution in [2.45, 2.75) is 87.9 Å². The van der Waals surface area contributed by atoms with Crippen LogP contribution in [0.5, 0.6) is 0 Å². The topological polar surface area (TPSA) is 24.5 Å². The van der Waals surface area contributed by atoms with Crippen molar-refractivity contribution in [3.05, 3.63) is 0 Å². The van der Waals surface area contributed by atoms with E-state index in [1.54, 1.807) is 0 Å². The minimum atomic E-state index is 0.253. The van der Waals surface area contributed by atoms with Gasteiger partial charge in [-0.25, -0.2) is 0 Å². The summed E-state index contributed by atoms with van der Waals surface area (Å²) in [6, 6.07) is 2.41. The average molecular weight is 278 g/mol. The Morgan fingerprint density at radius 3 is 2.60 bits per heavy atom. The summed E-state index contributed by atoms with van der Waals surface area (Å²) in [5.41, 5.74) is 0.253. The molecule has 0 radical (unpaired) electrons. The van der Waals surface area contributed by atoms with Gasteiger partial charge >= 0.3 is 0 Å². The molecule has 4 fully saturated rings. The van der Waals surface area contributed by atoms with Crippen molar-refractivity contribution in [3.8, 4) is 0 Å². The van der Waals surface area contributed by atoms with Gasteiger partial charge in [-0.1, -0.05) is 19.3 Å². The van der Waals surface area contributed by atoms with Gasteiger partial charge in [-0.05, 0) is 44.9 Å². The van der Waals surface area contributed by atoms with Crippen LogP contribution < -0.4 is 5.32 Å². The number of hydrogen-bond acceptors (Lipinski definition) is 3. The lowest BCUT2D eigenvalue weighted by molar-refractivity contribution is -0.110. The van der Waals surface area contributed by atoms with Gasteiger partial charge in [0.25, 0.3) is 0 Å². The van der Waals surface area contributed by atoms with Crippen LogP contribution in [0.25, 0.3) is 0 Å². The van der Waals surface area contributed by atoms with E-state index in [9.17, 15) is 0 Å². The third kappa shape index (κ3) is 2.90. The highest BCUT2D eigenvalue weighted by atomic mass is 16.5. The summed E-state index contributed by atoms with van der Waals surface area (Å²) in [5.74, 6) is 0. The first kappa shape index (κ1) is 13.5. The Morgan fingerprint density at radius 1 is 0.950 bits per heavy atom. The lowest BCUT2D eigenvalue weighted by Crippen LogP contribution is -2.51. The van der Waals surface area contributed by atoms with Gasteiger partial charge < -0.3 is 10.1 Å². The van der Waals surface area contributed by atoms with Crippen LogP contribution in [-0.2, 0) is 4.74 Å². The second kappa shape index (κ2) is 5.58. The summed E-state index contributed by atoms with van der Waals surface area (Å²) < 4.78 is 6.22. The summed E-state index contributed by atoms with van der Waals surface area (Å²) in [7, 11) is 0. The van der Waals surface area contributed by atoms with Gasteiger partial charge in [-0.15, -0.1) is 0 Å². The van der Waals surface area contributed by atoms with Crippen LogP contribution >= 0.6 is 0 Å². The number of likely N-dealkylation sites (tertiary alicyclic amines) is 1. The first-order chi connectivity index (χ1) is 9.83. The third-order valence-electron chi connectivity index (χ3n) is 6.01. The Balaban J connectivity index is 1.30. The van der Waals surface area contributed by atoms with E-state index in [-0.39, 0.29) is 5.60 Å². The predicted molar refractivity (Wildman–Crippen MR) is 80.9 cm³/mol. The van der Waals surface area contributed by atoms with Crippen LogP contribution in [0.15, 0.2) is 0 Å². The van der Waals surface area contributed by atoms with Crippen molar-refractivity contribution < 1.29 is 4.74 Å². The SMILES string of the molecule is C1CCC2(CC1)CC(NC1CCN(C3CC3)C1)CCO2. The van der Waals surface area contributed by atoms with Crippen LogP contribution in [0.3, 0.4) is 0 Å². The second-order valence-electron chi connectivity index (χ2n) is 7.66. The lowest BCUT2D eigenvalue weighted by atomic mass is 9.78. The molecule has 1 spiro atoms. The van der Waals surface area contributed by atoms with E-state index in [0.717, 1.165) is 18.7 Å². The molecule has 114 valence electrons. The zero-order chi connectivity index (χ0) is 13.4. The van der Waals surface area contributed by atoms with Gasteiger partial charge in [-0.3, -0.25) is 4.90 Å². The van der Waals surface area contributed by atoms with E-state index < -0.39 is 0 Å². The highest BCUT2D eigenvalue weighted by molar-refractivity contribution is 4.96. The van der Waals surface area contributed by atoms with E-state index in [1.807, 2.05) is 0 Å². The number of nitrogens with one attached hydrogen (secondary N) is 1. The van der Waals surface area contributed by atoms with Crippen molar-refractivity contribution >= 4 is 0 Å². The van der Waals surface area contributed by atoms with Crippen LogP contribution in [0.1, 0.15) is 64.2 Å². The molecule has 2 aliphatic heterocycles. The molecule has 3 nitrogen and oxygen atoms in total. The Hall–Kier alpha value is -0.120. The number of hydrogen-bond donors (Lipinski definition) is 1. The third-order valence-corrected chi connectivity index (χ3v) is 6.01. The molecule has 2 saturated carbocycles. The highest BCUT2D eigenvalue weighted by Gasteiger charge is 2.40. The standard InChI is InChI=1S/C17H30N2O/c1-2-8-17(9-3-1)12-14(7-11-20-17)18-15-6-10-19(13-15)16-4-5-16/h14-16,18H,1-13H2. The largest absolute Gasteiger partial charge is 0.375 e. The molecule has 0 aromatic rings. The molecule has 20 heavy (non-hydrogen) atoms.